The molecule has 2 aromatic heterocycles. The molecule has 0 saturated carbocycles. The van der Waals surface area contributed by atoms with Gasteiger partial charge in [0, 0.05) is 31.9 Å². The van der Waals surface area contributed by atoms with Crippen molar-refractivity contribution in [2.24, 2.45) is 0 Å². The summed E-state index contributed by atoms with van der Waals surface area (Å²) in [5, 5.41) is 0. The maximum Gasteiger partial charge on any atom is 0.258 e. The van der Waals surface area contributed by atoms with Crippen molar-refractivity contribution in [1.29, 1.82) is 0 Å². The van der Waals surface area contributed by atoms with E-state index in [9.17, 15) is 4.79 Å². The first-order valence-corrected chi connectivity index (χ1v) is 8.16. The number of morpholine rings is 1. The number of rotatable bonds is 3. The molecule has 5 heteroatoms. The number of ether oxygens (including phenoxy) is 1. The molecule has 1 aliphatic heterocycles. The minimum atomic E-state index is -0.0385. The molecule has 1 aliphatic rings. The number of hydrogen-bond acceptors (Lipinski definition) is 4. The summed E-state index contributed by atoms with van der Waals surface area (Å²) in [5.41, 5.74) is 2.64. The number of benzene rings is 1. The highest BCUT2D eigenvalue weighted by Crippen LogP contribution is 2.22. The predicted octanol–water partition coefficient (Wildman–Crippen LogP) is 2.27. The van der Waals surface area contributed by atoms with Crippen LogP contribution in [-0.4, -0.2) is 34.0 Å². The number of nitrogens with zero attached hydrogens (tertiary/aromatic N) is 3. The Bertz CT molecular complexity index is 892. The zero-order valence-corrected chi connectivity index (χ0v) is 13.3. The first-order valence-electron chi connectivity index (χ1n) is 8.16. The summed E-state index contributed by atoms with van der Waals surface area (Å²) >= 11 is 0. The summed E-state index contributed by atoms with van der Waals surface area (Å²) in [7, 11) is 0. The first kappa shape index (κ1) is 15.1. The Morgan fingerprint density at radius 1 is 1.12 bits per heavy atom. The van der Waals surface area contributed by atoms with E-state index in [0.29, 0.717) is 18.8 Å². The fraction of sp³-hybridized carbons (Fsp3) is 0.263. The van der Waals surface area contributed by atoms with Gasteiger partial charge in [-0.15, -0.1) is 0 Å². The van der Waals surface area contributed by atoms with Crippen molar-refractivity contribution in [3.05, 3.63) is 82.4 Å². The molecule has 3 aromatic rings. The largest absolute Gasteiger partial charge is 0.371 e. The maximum atomic E-state index is 12.2. The van der Waals surface area contributed by atoms with Crippen molar-refractivity contribution in [2.45, 2.75) is 12.6 Å². The van der Waals surface area contributed by atoms with Crippen LogP contribution in [0, 0.1) is 0 Å². The molecule has 0 amide bonds. The molecule has 0 aliphatic carbocycles. The van der Waals surface area contributed by atoms with Gasteiger partial charge in [-0.1, -0.05) is 36.4 Å². The van der Waals surface area contributed by atoms with Crippen LogP contribution in [0.4, 0.5) is 0 Å². The van der Waals surface area contributed by atoms with Crippen LogP contribution < -0.4 is 5.56 Å². The van der Waals surface area contributed by atoms with E-state index in [0.717, 1.165) is 18.8 Å². The lowest BCUT2D eigenvalue weighted by Crippen LogP contribution is -2.38. The van der Waals surface area contributed by atoms with E-state index in [-0.39, 0.29) is 11.7 Å². The SMILES string of the molecule is O=c1cc(CN2CCO[C@@H](c3ccccc3)C2)nc2ccccn12. The van der Waals surface area contributed by atoms with Gasteiger partial charge in [-0.3, -0.25) is 14.1 Å². The second-order valence-electron chi connectivity index (χ2n) is 6.02. The van der Waals surface area contributed by atoms with Gasteiger partial charge in [0.2, 0.25) is 0 Å². The van der Waals surface area contributed by atoms with Crippen LogP contribution in [-0.2, 0) is 11.3 Å². The van der Waals surface area contributed by atoms with Crippen molar-refractivity contribution in [1.82, 2.24) is 14.3 Å². The standard InChI is InChI=1S/C19H19N3O2/c23-19-12-16(20-18-8-4-5-9-22(18)19)13-21-10-11-24-17(14-21)15-6-2-1-3-7-15/h1-9,12,17H,10-11,13-14H2/t17-/m1/s1. The molecule has 1 saturated heterocycles. The highest BCUT2D eigenvalue weighted by molar-refractivity contribution is 5.38. The quantitative estimate of drug-likeness (QED) is 0.742. The second kappa shape index (κ2) is 6.55. The summed E-state index contributed by atoms with van der Waals surface area (Å²) < 4.78 is 7.46. The predicted molar refractivity (Wildman–Crippen MR) is 91.9 cm³/mol. The Hall–Kier alpha value is -2.50. The van der Waals surface area contributed by atoms with E-state index < -0.39 is 0 Å². The monoisotopic (exact) mass is 321 g/mol. The third-order valence-corrected chi connectivity index (χ3v) is 4.33. The average molecular weight is 321 g/mol. The molecule has 1 aromatic carbocycles. The van der Waals surface area contributed by atoms with E-state index in [1.54, 1.807) is 16.7 Å². The zero-order valence-electron chi connectivity index (χ0n) is 13.3. The van der Waals surface area contributed by atoms with Gasteiger partial charge >= 0.3 is 0 Å². The van der Waals surface area contributed by atoms with Gasteiger partial charge in [0.1, 0.15) is 5.65 Å². The van der Waals surface area contributed by atoms with E-state index in [1.807, 2.05) is 36.4 Å². The summed E-state index contributed by atoms with van der Waals surface area (Å²) in [5.74, 6) is 0. The molecule has 1 fully saturated rings. The molecule has 24 heavy (non-hydrogen) atoms. The van der Waals surface area contributed by atoms with Crippen molar-refractivity contribution in [2.75, 3.05) is 19.7 Å². The summed E-state index contributed by atoms with van der Waals surface area (Å²) in [6.07, 6.45) is 1.82. The van der Waals surface area contributed by atoms with E-state index in [1.165, 1.54) is 5.56 Å². The van der Waals surface area contributed by atoms with Crippen LogP contribution in [0.15, 0.2) is 65.6 Å². The van der Waals surface area contributed by atoms with Crippen molar-refractivity contribution >= 4 is 5.65 Å². The summed E-state index contributed by atoms with van der Waals surface area (Å²) in [6, 6.07) is 17.5. The lowest BCUT2D eigenvalue weighted by Gasteiger charge is -2.32. The molecule has 1 atom stereocenters. The number of pyridine rings is 1. The molecular formula is C19H19N3O2. The number of hydrogen-bond donors (Lipinski definition) is 0. The topological polar surface area (TPSA) is 46.8 Å². The maximum absolute atomic E-state index is 12.2. The molecule has 0 N–H and O–H groups in total. The van der Waals surface area contributed by atoms with Crippen LogP contribution in [0.2, 0.25) is 0 Å². The molecule has 0 spiro atoms. The Morgan fingerprint density at radius 2 is 1.96 bits per heavy atom. The smallest absolute Gasteiger partial charge is 0.258 e. The minimum Gasteiger partial charge on any atom is -0.371 e. The average Bonchev–Trinajstić information content (AvgIpc) is 2.63. The van der Waals surface area contributed by atoms with E-state index in [2.05, 4.69) is 22.0 Å². The van der Waals surface area contributed by atoms with Crippen LogP contribution >= 0.6 is 0 Å². The van der Waals surface area contributed by atoms with Gasteiger partial charge in [-0.2, -0.15) is 0 Å². The zero-order chi connectivity index (χ0) is 16.4. The lowest BCUT2D eigenvalue weighted by atomic mass is 10.1. The Kier molecular flexibility index (Phi) is 4.11. The molecule has 0 bridgehead atoms. The van der Waals surface area contributed by atoms with Gasteiger partial charge < -0.3 is 4.74 Å². The Morgan fingerprint density at radius 3 is 2.83 bits per heavy atom. The van der Waals surface area contributed by atoms with Crippen molar-refractivity contribution < 1.29 is 4.74 Å². The van der Waals surface area contributed by atoms with Gasteiger partial charge in [0.15, 0.2) is 0 Å². The fourth-order valence-corrected chi connectivity index (χ4v) is 3.13. The minimum absolute atomic E-state index is 0.0385. The number of fused-ring (bicyclic) bond motifs is 1. The third-order valence-electron chi connectivity index (χ3n) is 4.33. The summed E-state index contributed by atoms with van der Waals surface area (Å²) in [6.45, 7) is 3.00. The van der Waals surface area contributed by atoms with Gasteiger partial charge in [-0.25, -0.2) is 4.98 Å². The fourth-order valence-electron chi connectivity index (χ4n) is 3.13. The normalized spacial score (nSPS) is 18.8. The van der Waals surface area contributed by atoms with Crippen LogP contribution in [0.3, 0.4) is 0 Å². The van der Waals surface area contributed by atoms with Crippen molar-refractivity contribution in [3.63, 3.8) is 0 Å². The molecular weight excluding hydrogens is 302 g/mol. The second-order valence-corrected chi connectivity index (χ2v) is 6.02. The van der Waals surface area contributed by atoms with Gasteiger partial charge in [0.05, 0.1) is 18.4 Å². The molecule has 5 nitrogen and oxygen atoms in total. The Labute approximate surface area is 140 Å². The van der Waals surface area contributed by atoms with E-state index in [4.69, 9.17) is 4.74 Å². The molecule has 0 unspecified atom stereocenters. The number of aromatic nitrogens is 2. The molecule has 4 rings (SSSR count). The van der Waals surface area contributed by atoms with Crippen LogP contribution in [0.1, 0.15) is 17.4 Å². The third kappa shape index (κ3) is 3.09. The lowest BCUT2D eigenvalue weighted by molar-refractivity contribution is -0.0332. The Balaban J connectivity index is 1.54. The van der Waals surface area contributed by atoms with Crippen molar-refractivity contribution in [3.8, 4) is 0 Å². The van der Waals surface area contributed by atoms with Crippen LogP contribution in [0.5, 0.6) is 0 Å². The molecule has 3 heterocycles. The van der Waals surface area contributed by atoms with Gasteiger partial charge in [0.25, 0.3) is 5.56 Å². The highest BCUT2D eigenvalue weighted by Gasteiger charge is 2.22. The summed E-state index contributed by atoms with van der Waals surface area (Å²) in [4.78, 5) is 19.1. The van der Waals surface area contributed by atoms with E-state index >= 15 is 0 Å². The first-order chi connectivity index (χ1) is 11.8. The molecule has 0 radical (unpaired) electrons. The van der Waals surface area contributed by atoms with Gasteiger partial charge in [-0.05, 0) is 17.7 Å². The highest BCUT2D eigenvalue weighted by atomic mass is 16.5. The van der Waals surface area contributed by atoms with Crippen LogP contribution in [0.25, 0.3) is 5.65 Å². The molecule has 122 valence electrons.